The maximum atomic E-state index is 12.9. The number of ether oxygens (including phenoxy) is 2. The third-order valence-corrected chi connectivity index (χ3v) is 5.68. The first-order valence-electron chi connectivity index (χ1n) is 10.2. The van der Waals surface area contributed by atoms with Crippen LogP contribution in [0.5, 0.6) is 11.5 Å². The van der Waals surface area contributed by atoms with Gasteiger partial charge < -0.3 is 19.3 Å². The molecule has 1 amide bonds. The van der Waals surface area contributed by atoms with Crippen LogP contribution in [0, 0.1) is 6.92 Å². The Labute approximate surface area is 171 Å². The molecule has 7 heteroatoms. The number of amides is 1. The SMILES string of the molecule is COc1cc(C)ccc1OCC(=O)N1CCC[C@@H]1c1ncc2c(n1)CCN(C)C2. The lowest BCUT2D eigenvalue weighted by Gasteiger charge is -2.27. The Morgan fingerprint density at radius 3 is 2.97 bits per heavy atom. The highest BCUT2D eigenvalue weighted by molar-refractivity contribution is 5.78. The molecule has 2 aromatic rings. The van der Waals surface area contributed by atoms with E-state index < -0.39 is 0 Å². The van der Waals surface area contributed by atoms with Crippen LogP contribution in [0.1, 0.15) is 41.5 Å². The molecule has 4 rings (SSSR count). The van der Waals surface area contributed by atoms with Crippen molar-refractivity contribution in [3.63, 3.8) is 0 Å². The molecule has 1 fully saturated rings. The molecule has 1 atom stereocenters. The fourth-order valence-electron chi connectivity index (χ4n) is 4.08. The van der Waals surface area contributed by atoms with E-state index in [1.807, 2.05) is 36.2 Å². The molecule has 3 heterocycles. The summed E-state index contributed by atoms with van der Waals surface area (Å²) in [6.07, 6.45) is 4.70. The van der Waals surface area contributed by atoms with E-state index in [1.54, 1.807) is 7.11 Å². The van der Waals surface area contributed by atoms with Crippen LogP contribution in [0.3, 0.4) is 0 Å². The zero-order chi connectivity index (χ0) is 20.4. The van der Waals surface area contributed by atoms with Gasteiger partial charge in [0, 0.05) is 43.5 Å². The van der Waals surface area contributed by atoms with Gasteiger partial charge in [0.15, 0.2) is 23.9 Å². The molecule has 0 bridgehead atoms. The molecule has 154 valence electrons. The van der Waals surface area contributed by atoms with Crippen molar-refractivity contribution in [3.8, 4) is 11.5 Å². The predicted molar refractivity (Wildman–Crippen MR) is 109 cm³/mol. The molecule has 7 nitrogen and oxygen atoms in total. The second kappa shape index (κ2) is 8.37. The number of fused-ring (bicyclic) bond motifs is 1. The number of nitrogens with zero attached hydrogens (tertiary/aromatic N) is 4. The van der Waals surface area contributed by atoms with Crippen LogP contribution in [0.25, 0.3) is 0 Å². The molecule has 0 aliphatic carbocycles. The summed E-state index contributed by atoms with van der Waals surface area (Å²) in [5.74, 6) is 1.93. The molecule has 29 heavy (non-hydrogen) atoms. The number of likely N-dealkylation sites (N-methyl/N-ethyl adjacent to an activating group) is 1. The molecule has 0 unspecified atom stereocenters. The average Bonchev–Trinajstić information content (AvgIpc) is 3.22. The number of carbonyl (C=O) groups is 1. The van der Waals surface area contributed by atoms with Gasteiger partial charge in [0.05, 0.1) is 13.2 Å². The van der Waals surface area contributed by atoms with Crippen molar-refractivity contribution >= 4 is 5.91 Å². The number of benzene rings is 1. The van der Waals surface area contributed by atoms with Crippen molar-refractivity contribution in [2.24, 2.45) is 0 Å². The summed E-state index contributed by atoms with van der Waals surface area (Å²) < 4.78 is 11.1. The second-order valence-corrected chi connectivity index (χ2v) is 7.88. The summed E-state index contributed by atoms with van der Waals surface area (Å²) in [4.78, 5) is 26.5. The molecule has 1 aromatic carbocycles. The van der Waals surface area contributed by atoms with Gasteiger partial charge in [-0.05, 0) is 44.5 Å². The lowest BCUT2D eigenvalue weighted by Crippen LogP contribution is -2.35. The van der Waals surface area contributed by atoms with Crippen molar-refractivity contribution in [2.75, 3.05) is 33.9 Å². The van der Waals surface area contributed by atoms with E-state index in [9.17, 15) is 4.79 Å². The fourth-order valence-corrected chi connectivity index (χ4v) is 4.08. The van der Waals surface area contributed by atoms with Gasteiger partial charge in [-0.2, -0.15) is 0 Å². The topological polar surface area (TPSA) is 67.8 Å². The lowest BCUT2D eigenvalue weighted by atomic mass is 10.1. The van der Waals surface area contributed by atoms with Gasteiger partial charge in [-0.25, -0.2) is 9.97 Å². The van der Waals surface area contributed by atoms with E-state index in [1.165, 1.54) is 5.56 Å². The molecule has 0 radical (unpaired) electrons. The van der Waals surface area contributed by atoms with E-state index in [2.05, 4.69) is 16.9 Å². The van der Waals surface area contributed by atoms with E-state index in [0.29, 0.717) is 18.0 Å². The van der Waals surface area contributed by atoms with E-state index in [0.717, 1.165) is 49.4 Å². The minimum absolute atomic E-state index is 0.0222. The van der Waals surface area contributed by atoms with Crippen LogP contribution < -0.4 is 9.47 Å². The summed E-state index contributed by atoms with van der Waals surface area (Å²) in [7, 11) is 3.71. The number of carbonyl (C=O) groups excluding carboxylic acids is 1. The first-order chi connectivity index (χ1) is 14.0. The Bertz CT molecular complexity index is 902. The first-order valence-corrected chi connectivity index (χ1v) is 10.2. The van der Waals surface area contributed by atoms with Crippen LogP contribution in [0.4, 0.5) is 0 Å². The summed E-state index contributed by atoms with van der Waals surface area (Å²) >= 11 is 0. The fraction of sp³-hybridized carbons (Fsp3) is 0.500. The minimum atomic E-state index is -0.0732. The van der Waals surface area contributed by atoms with Gasteiger partial charge in [-0.15, -0.1) is 0 Å². The Kier molecular flexibility index (Phi) is 5.67. The predicted octanol–water partition coefficient (Wildman–Crippen LogP) is 2.52. The number of aryl methyl sites for hydroxylation is 1. The largest absolute Gasteiger partial charge is 0.493 e. The van der Waals surface area contributed by atoms with Crippen LogP contribution in [-0.2, 0) is 17.8 Å². The Morgan fingerprint density at radius 1 is 1.28 bits per heavy atom. The van der Waals surface area contributed by atoms with E-state index in [-0.39, 0.29) is 18.6 Å². The van der Waals surface area contributed by atoms with Crippen LogP contribution in [-0.4, -0.2) is 59.5 Å². The van der Waals surface area contributed by atoms with Gasteiger partial charge in [0.2, 0.25) is 0 Å². The molecular formula is C22H28N4O3. The van der Waals surface area contributed by atoms with Gasteiger partial charge in [-0.1, -0.05) is 6.07 Å². The third-order valence-electron chi connectivity index (χ3n) is 5.68. The second-order valence-electron chi connectivity index (χ2n) is 7.88. The highest BCUT2D eigenvalue weighted by Gasteiger charge is 2.33. The molecule has 0 N–H and O–H groups in total. The molecular weight excluding hydrogens is 368 g/mol. The van der Waals surface area contributed by atoms with Crippen LogP contribution in [0.15, 0.2) is 24.4 Å². The molecule has 0 saturated carbocycles. The molecule has 2 aliphatic rings. The third kappa shape index (κ3) is 4.19. The Balaban J connectivity index is 1.45. The number of methoxy groups -OCH3 is 1. The zero-order valence-electron chi connectivity index (χ0n) is 17.4. The highest BCUT2D eigenvalue weighted by Crippen LogP contribution is 2.32. The maximum Gasteiger partial charge on any atom is 0.261 e. The van der Waals surface area contributed by atoms with Crippen molar-refractivity contribution < 1.29 is 14.3 Å². The molecule has 1 aromatic heterocycles. The Hall–Kier alpha value is -2.67. The number of hydrogen-bond donors (Lipinski definition) is 0. The van der Waals surface area contributed by atoms with Crippen molar-refractivity contribution in [3.05, 3.63) is 47.0 Å². The first kappa shape index (κ1) is 19.6. The summed E-state index contributed by atoms with van der Waals surface area (Å²) in [5, 5.41) is 0. The summed E-state index contributed by atoms with van der Waals surface area (Å²) in [5.41, 5.74) is 3.39. The van der Waals surface area contributed by atoms with Gasteiger partial charge >= 0.3 is 0 Å². The maximum absolute atomic E-state index is 12.9. The minimum Gasteiger partial charge on any atom is -0.493 e. The normalized spacial score (nSPS) is 19.1. The van der Waals surface area contributed by atoms with Crippen molar-refractivity contribution in [1.29, 1.82) is 0 Å². The molecule has 1 saturated heterocycles. The summed E-state index contributed by atoms with van der Waals surface area (Å²) in [6, 6.07) is 5.61. The van der Waals surface area contributed by atoms with Gasteiger partial charge in [0.25, 0.3) is 5.91 Å². The Morgan fingerprint density at radius 2 is 2.14 bits per heavy atom. The van der Waals surface area contributed by atoms with Crippen LogP contribution in [0.2, 0.25) is 0 Å². The summed E-state index contributed by atoms with van der Waals surface area (Å²) in [6.45, 7) is 4.56. The smallest absolute Gasteiger partial charge is 0.261 e. The quantitative estimate of drug-likeness (QED) is 0.774. The van der Waals surface area contributed by atoms with Gasteiger partial charge in [0.1, 0.15) is 0 Å². The van der Waals surface area contributed by atoms with E-state index in [4.69, 9.17) is 14.5 Å². The number of hydrogen-bond acceptors (Lipinski definition) is 6. The molecule has 0 spiro atoms. The number of rotatable bonds is 5. The van der Waals surface area contributed by atoms with Crippen molar-refractivity contribution in [2.45, 2.75) is 38.8 Å². The lowest BCUT2D eigenvalue weighted by molar-refractivity contribution is -0.134. The standard InChI is InChI=1S/C22H28N4O3/c1-15-6-7-19(20(11-15)28-3)29-14-21(27)26-9-4-5-18(26)22-23-12-16-13-25(2)10-8-17(16)24-22/h6-7,11-12,18H,4-5,8-10,13-14H2,1-3H3/t18-/m1/s1. The molecule has 2 aliphatic heterocycles. The number of aromatic nitrogens is 2. The van der Waals surface area contributed by atoms with Gasteiger partial charge in [-0.3, -0.25) is 4.79 Å². The monoisotopic (exact) mass is 396 g/mol. The zero-order valence-corrected chi connectivity index (χ0v) is 17.4. The highest BCUT2D eigenvalue weighted by atomic mass is 16.5. The average molecular weight is 396 g/mol. The number of likely N-dealkylation sites (tertiary alicyclic amines) is 1. The van der Waals surface area contributed by atoms with E-state index >= 15 is 0 Å². The van der Waals surface area contributed by atoms with Crippen LogP contribution >= 0.6 is 0 Å². The van der Waals surface area contributed by atoms with Crippen molar-refractivity contribution in [1.82, 2.24) is 19.8 Å².